The lowest BCUT2D eigenvalue weighted by Gasteiger charge is -2.11. The van der Waals surface area contributed by atoms with Gasteiger partial charge in [-0.25, -0.2) is 4.79 Å². The van der Waals surface area contributed by atoms with E-state index in [1.807, 2.05) is 24.3 Å². The fraction of sp³-hybridized carbons (Fsp3) is 0.318. The molecule has 0 fully saturated rings. The molecule has 0 heterocycles. The van der Waals surface area contributed by atoms with Crippen molar-refractivity contribution in [3.05, 3.63) is 59.7 Å². The van der Waals surface area contributed by atoms with E-state index in [0.29, 0.717) is 22.9 Å². The molecule has 0 saturated carbocycles. The number of carbonyl (C=O) groups is 3. The Labute approximate surface area is 164 Å². The minimum atomic E-state index is -0.671. The predicted molar refractivity (Wildman–Crippen MR) is 107 cm³/mol. The summed E-state index contributed by atoms with van der Waals surface area (Å²) in [5.74, 6) is -0.349. The number of anilines is 1. The highest BCUT2D eigenvalue weighted by atomic mass is 16.6. The third kappa shape index (κ3) is 6.54. The van der Waals surface area contributed by atoms with Crippen molar-refractivity contribution in [2.24, 2.45) is 0 Å². The van der Waals surface area contributed by atoms with E-state index in [-0.39, 0.29) is 12.4 Å². The first-order valence-electron chi connectivity index (χ1n) is 9.18. The molecule has 0 spiro atoms. The van der Waals surface area contributed by atoms with Crippen LogP contribution in [0.3, 0.4) is 0 Å². The number of carbonyl (C=O) groups excluding carboxylic acids is 3. The van der Waals surface area contributed by atoms with E-state index >= 15 is 0 Å². The van der Waals surface area contributed by atoms with Crippen LogP contribution in [0.25, 0.3) is 0 Å². The molecule has 6 nitrogen and oxygen atoms in total. The topological polar surface area (TPSA) is 81.7 Å². The van der Waals surface area contributed by atoms with Gasteiger partial charge in [0.1, 0.15) is 5.75 Å². The van der Waals surface area contributed by atoms with Crippen molar-refractivity contribution in [3.63, 3.8) is 0 Å². The molecule has 0 radical (unpaired) electrons. The molecule has 1 N–H and O–H groups in total. The Balaban J connectivity index is 1.75. The zero-order valence-corrected chi connectivity index (χ0v) is 16.4. The van der Waals surface area contributed by atoms with Gasteiger partial charge in [-0.1, -0.05) is 38.1 Å². The molecule has 0 aliphatic heterocycles. The van der Waals surface area contributed by atoms with Crippen LogP contribution < -0.4 is 10.1 Å². The van der Waals surface area contributed by atoms with Gasteiger partial charge in [-0.3, -0.25) is 9.59 Å². The molecule has 0 saturated heterocycles. The summed E-state index contributed by atoms with van der Waals surface area (Å²) in [6.07, 6.45) is 1.04. The molecule has 1 amide bonds. The minimum absolute atomic E-state index is 0.0955. The number of benzene rings is 2. The first-order valence-corrected chi connectivity index (χ1v) is 9.18. The summed E-state index contributed by atoms with van der Waals surface area (Å²) in [6.45, 7) is 4.97. The standard InChI is InChI=1S/C22H25NO5/c1-4-15(2)17-8-10-19(11-9-17)23-21(25)13-28-22(26)14-27-20-7-5-6-18(12-20)16(3)24/h5-12,15H,4,13-14H2,1-3H3,(H,23,25)/t15-/m1/s1. The van der Waals surface area contributed by atoms with Crippen molar-refractivity contribution in [3.8, 4) is 5.75 Å². The number of hydrogen-bond donors (Lipinski definition) is 1. The van der Waals surface area contributed by atoms with Crippen molar-refractivity contribution in [1.29, 1.82) is 0 Å². The fourth-order valence-corrected chi connectivity index (χ4v) is 2.46. The SMILES string of the molecule is CC[C@@H](C)c1ccc(NC(=O)COC(=O)COc2cccc(C(C)=O)c2)cc1. The minimum Gasteiger partial charge on any atom is -0.482 e. The molecule has 2 aromatic carbocycles. The smallest absolute Gasteiger partial charge is 0.344 e. The second kappa shape index (κ2) is 10.3. The number of ketones is 1. The van der Waals surface area contributed by atoms with Gasteiger partial charge in [-0.15, -0.1) is 0 Å². The number of nitrogens with one attached hydrogen (secondary N) is 1. The van der Waals surface area contributed by atoms with Crippen LogP contribution in [0.4, 0.5) is 5.69 Å². The molecular weight excluding hydrogens is 358 g/mol. The summed E-state index contributed by atoms with van der Waals surface area (Å²) < 4.78 is 10.2. The molecular formula is C22H25NO5. The number of rotatable bonds is 9. The Bertz CT molecular complexity index is 829. The van der Waals surface area contributed by atoms with Crippen LogP contribution in [0, 0.1) is 0 Å². The maximum absolute atomic E-state index is 11.9. The fourth-order valence-electron chi connectivity index (χ4n) is 2.46. The molecule has 0 aliphatic rings. The summed E-state index contributed by atoms with van der Waals surface area (Å²) in [6, 6.07) is 14.1. The van der Waals surface area contributed by atoms with E-state index in [4.69, 9.17) is 9.47 Å². The van der Waals surface area contributed by atoms with Crippen LogP contribution in [-0.4, -0.2) is 30.9 Å². The van der Waals surface area contributed by atoms with Gasteiger partial charge in [0.2, 0.25) is 0 Å². The van der Waals surface area contributed by atoms with Crippen LogP contribution in [-0.2, 0) is 14.3 Å². The normalized spacial score (nSPS) is 11.4. The van der Waals surface area contributed by atoms with Gasteiger partial charge in [0.15, 0.2) is 19.0 Å². The zero-order valence-electron chi connectivity index (χ0n) is 16.4. The molecule has 0 aliphatic carbocycles. The number of amides is 1. The van der Waals surface area contributed by atoms with E-state index in [1.165, 1.54) is 12.5 Å². The van der Waals surface area contributed by atoms with Crippen LogP contribution >= 0.6 is 0 Å². The van der Waals surface area contributed by atoms with E-state index in [0.717, 1.165) is 6.42 Å². The lowest BCUT2D eigenvalue weighted by molar-refractivity contribution is -0.149. The Kier molecular flexibility index (Phi) is 7.75. The maximum Gasteiger partial charge on any atom is 0.344 e. The highest BCUT2D eigenvalue weighted by molar-refractivity contribution is 5.94. The average molecular weight is 383 g/mol. The van der Waals surface area contributed by atoms with Gasteiger partial charge in [-0.2, -0.15) is 0 Å². The first kappa shape index (κ1) is 21.2. The highest BCUT2D eigenvalue weighted by Gasteiger charge is 2.10. The van der Waals surface area contributed by atoms with Crippen molar-refractivity contribution >= 4 is 23.3 Å². The second-order valence-corrected chi connectivity index (χ2v) is 6.51. The molecule has 28 heavy (non-hydrogen) atoms. The van der Waals surface area contributed by atoms with Crippen LogP contribution in [0.15, 0.2) is 48.5 Å². The van der Waals surface area contributed by atoms with Crippen molar-refractivity contribution < 1.29 is 23.9 Å². The summed E-state index contributed by atoms with van der Waals surface area (Å²) in [5.41, 5.74) is 2.34. The van der Waals surface area contributed by atoms with E-state index in [2.05, 4.69) is 19.2 Å². The van der Waals surface area contributed by atoms with Crippen molar-refractivity contribution in [1.82, 2.24) is 0 Å². The molecule has 0 aromatic heterocycles. The highest BCUT2D eigenvalue weighted by Crippen LogP contribution is 2.20. The van der Waals surface area contributed by atoms with Gasteiger partial charge >= 0.3 is 5.97 Å². The van der Waals surface area contributed by atoms with Crippen LogP contribution in [0.2, 0.25) is 0 Å². The monoisotopic (exact) mass is 383 g/mol. The Morgan fingerprint density at radius 1 is 1.04 bits per heavy atom. The van der Waals surface area contributed by atoms with Gasteiger partial charge in [0.05, 0.1) is 0 Å². The second-order valence-electron chi connectivity index (χ2n) is 6.51. The number of esters is 1. The van der Waals surface area contributed by atoms with E-state index < -0.39 is 18.5 Å². The lowest BCUT2D eigenvalue weighted by atomic mass is 9.99. The largest absolute Gasteiger partial charge is 0.482 e. The molecule has 0 bridgehead atoms. The zero-order chi connectivity index (χ0) is 20.5. The first-order chi connectivity index (χ1) is 13.4. The Hall–Kier alpha value is -3.15. The summed E-state index contributed by atoms with van der Waals surface area (Å²) >= 11 is 0. The molecule has 1 atom stereocenters. The third-order valence-corrected chi connectivity index (χ3v) is 4.34. The van der Waals surface area contributed by atoms with Crippen molar-refractivity contribution in [2.75, 3.05) is 18.5 Å². The summed E-state index contributed by atoms with van der Waals surface area (Å²) in [5, 5.41) is 2.68. The Morgan fingerprint density at radius 2 is 1.75 bits per heavy atom. The number of Topliss-reactive ketones (excluding diaryl/α,β-unsaturated/α-hetero) is 1. The number of ether oxygens (including phenoxy) is 2. The lowest BCUT2D eigenvalue weighted by Crippen LogP contribution is -2.23. The van der Waals surface area contributed by atoms with Crippen LogP contribution in [0.5, 0.6) is 5.75 Å². The summed E-state index contributed by atoms with van der Waals surface area (Å²) in [4.78, 5) is 35.0. The van der Waals surface area contributed by atoms with Crippen LogP contribution in [0.1, 0.15) is 49.0 Å². The molecule has 0 unspecified atom stereocenters. The molecule has 6 heteroatoms. The summed E-state index contributed by atoms with van der Waals surface area (Å²) in [7, 11) is 0. The maximum atomic E-state index is 11.9. The third-order valence-electron chi connectivity index (χ3n) is 4.34. The molecule has 2 rings (SSSR count). The van der Waals surface area contributed by atoms with Gasteiger partial charge < -0.3 is 14.8 Å². The molecule has 148 valence electrons. The van der Waals surface area contributed by atoms with Gasteiger partial charge in [0, 0.05) is 11.3 Å². The van der Waals surface area contributed by atoms with Crippen molar-refractivity contribution in [2.45, 2.75) is 33.1 Å². The number of hydrogen-bond acceptors (Lipinski definition) is 5. The molecule has 2 aromatic rings. The predicted octanol–water partition coefficient (Wildman–Crippen LogP) is 3.96. The van der Waals surface area contributed by atoms with Gasteiger partial charge in [-0.05, 0) is 49.1 Å². The average Bonchev–Trinajstić information content (AvgIpc) is 2.71. The quantitative estimate of drug-likeness (QED) is 0.523. The Morgan fingerprint density at radius 3 is 2.39 bits per heavy atom. The van der Waals surface area contributed by atoms with Gasteiger partial charge in [0.25, 0.3) is 5.91 Å². The van der Waals surface area contributed by atoms with E-state index in [9.17, 15) is 14.4 Å². The van der Waals surface area contributed by atoms with E-state index in [1.54, 1.807) is 24.3 Å².